The molecule has 0 saturated heterocycles. The third-order valence-corrected chi connectivity index (χ3v) is 4.45. The van der Waals surface area contributed by atoms with Crippen LogP contribution < -0.4 is 11.1 Å². The lowest BCUT2D eigenvalue weighted by Crippen LogP contribution is -2.25. The Kier molecular flexibility index (Phi) is 5.51. The van der Waals surface area contributed by atoms with E-state index in [0.717, 1.165) is 47.8 Å². The zero-order chi connectivity index (χ0) is 15.4. The lowest BCUT2D eigenvalue weighted by molar-refractivity contribution is 0.583. The fraction of sp³-hybridized carbons (Fsp3) is 0.688. The number of anilines is 1. The van der Waals surface area contributed by atoms with Gasteiger partial charge in [-0.15, -0.1) is 5.10 Å². The minimum atomic E-state index is 0.417. The Bertz CT molecular complexity index is 511. The second-order valence-corrected chi connectivity index (χ2v) is 6.29. The summed E-state index contributed by atoms with van der Waals surface area (Å²) in [6, 6.07) is 0.428. The van der Waals surface area contributed by atoms with Crippen molar-refractivity contribution in [2.75, 3.05) is 5.32 Å². The molecule has 21 heavy (non-hydrogen) atoms. The van der Waals surface area contributed by atoms with Crippen LogP contribution in [0, 0.1) is 5.92 Å². The topological polar surface area (TPSA) is 63.8 Å². The molecule has 1 aromatic rings. The number of hydrogen-bond acceptors (Lipinski definition) is 4. The maximum Gasteiger partial charge on any atom is 0.159 e. The molecule has 4 nitrogen and oxygen atoms in total. The molecule has 1 atom stereocenters. The fourth-order valence-electron chi connectivity index (χ4n) is 2.82. The molecular formula is C16H26N4S. The van der Waals surface area contributed by atoms with Gasteiger partial charge in [0.25, 0.3) is 0 Å². The van der Waals surface area contributed by atoms with Gasteiger partial charge in [-0.1, -0.05) is 45.8 Å². The summed E-state index contributed by atoms with van der Waals surface area (Å²) in [7, 11) is 0. The molecule has 1 aliphatic rings. The number of thiocarbonyl (C=S) groups is 1. The van der Waals surface area contributed by atoms with Crippen molar-refractivity contribution >= 4 is 23.0 Å². The fourth-order valence-corrected chi connectivity index (χ4v) is 3.04. The van der Waals surface area contributed by atoms with Gasteiger partial charge in [0.2, 0.25) is 0 Å². The molecule has 0 aliphatic heterocycles. The Morgan fingerprint density at radius 2 is 2.00 bits per heavy atom. The predicted molar refractivity (Wildman–Crippen MR) is 91.7 cm³/mol. The van der Waals surface area contributed by atoms with E-state index in [2.05, 4.69) is 36.3 Å². The lowest BCUT2D eigenvalue weighted by atomic mass is 10.0. The summed E-state index contributed by atoms with van der Waals surface area (Å²) in [5.41, 5.74) is 9.01. The van der Waals surface area contributed by atoms with Crippen molar-refractivity contribution in [3.8, 4) is 0 Å². The Morgan fingerprint density at radius 1 is 1.29 bits per heavy atom. The van der Waals surface area contributed by atoms with E-state index in [9.17, 15) is 0 Å². The molecule has 1 unspecified atom stereocenters. The smallest absolute Gasteiger partial charge is 0.159 e. The molecule has 0 radical (unpaired) electrons. The molecule has 1 fully saturated rings. The number of nitrogens with zero attached hydrogens (tertiary/aromatic N) is 2. The number of rotatable bonds is 8. The van der Waals surface area contributed by atoms with Gasteiger partial charge in [0.05, 0.1) is 11.3 Å². The van der Waals surface area contributed by atoms with Crippen molar-refractivity contribution in [1.29, 1.82) is 0 Å². The third-order valence-electron chi connectivity index (χ3n) is 4.24. The Balaban J connectivity index is 2.30. The molecule has 0 spiro atoms. The van der Waals surface area contributed by atoms with Crippen LogP contribution in [-0.4, -0.2) is 21.2 Å². The van der Waals surface area contributed by atoms with Gasteiger partial charge in [-0.25, -0.2) is 0 Å². The summed E-state index contributed by atoms with van der Waals surface area (Å²) >= 11 is 5.27. The quantitative estimate of drug-likeness (QED) is 0.722. The van der Waals surface area contributed by atoms with Crippen molar-refractivity contribution in [1.82, 2.24) is 10.2 Å². The van der Waals surface area contributed by atoms with Crippen LogP contribution in [0.15, 0.2) is 0 Å². The molecule has 5 heteroatoms. The van der Waals surface area contributed by atoms with Crippen molar-refractivity contribution in [2.45, 2.75) is 65.3 Å². The van der Waals surface area contributed by atoms with Gasteiger partial charge in [-0.2, -0.15) is 5.10 Å². The van der Waals surface area contributed by atoms with Crippen LogP contribution in [0.2, 0.25) is 0 Å². The van der Waals surface area contributed by atoms with E-state index in [1.165, 1.54) is 19.3 Å². The third kappa shape index (κ3) is 3.90. The van der Waals surface area contributed by atoms with Gasteiger partial charge in [-0.3, -0.25) is 0 Å². The SMILES string of the molecule is CCc1nnc(NC(CC)CC2CC2)c(C(N)=S)c1CC. The highest BCUT2D eigenvalue weighted by Crippen LogP contribution is 2.35. The minimum Gasteiger partial charge on any atom is -0.389 e. The summed E-state index contributed by atoms with van der Waals surface area (Å²) < 4.78 is 0. The number of nitrogens with two attached hydrogens (primary N) is 1. The maximum absolute atomic E-state index is 5.97. The van der Waals surface area contributed by atoms with E-state index in [1.807, 2.05) is 0 Å². The molecule has 1 aliphatic carbocycles. The number of nitrogens with one attached hydrogen (secondary N) is 1. The Hall–Kier alpha value is -1.23. The van der Waals surface area contributed by atoms with Gasteiger partial charge in [0, 0.05) is 6.04 Å². The molecule has 0 bridgehead atoms. The molecule has 2 rings (SSSR count). The normalized spacial score (nSPS) is 15.8. The van der Waals surface area contributed by atoms with E-state index in [-0.39, 0.29) is 0 Å². The summed E-state index contributed by atoms with van der Waals surface area (Å²) in [6.07, 6.45) is 6.73. The standard InChI is InChI=1S/C16H26N4S/c1-4-11(9-10-7-8-10)18-16-14(15(17)21)12(5-2)13(6-3)19-20-16/h10-11H,4-9H2,1-3H3,(H2,17,21)(H,18,20). The van der Waals surface area contributed by atoms with E-state index in [1.54, 1.807) is 0 Å². The first-order valence-electron chi connectivity index (χ1n) is 8.05. The van der Waals surface area contributed by atoms with Crippen LogP contribution in [0.4, 0.5) is 5.82 Å². The number of hydrogen-bond donors (Lipinski definition) is 2. The first-order chi connectivity index (χ1) is 10.1. The van der Waals surface area contributed by atoms with Crippen LogP contribution in [0.3, 0.4) is 0 Å². The second kappa shape index (κ2) is 7.16. The molecule has 1 saturated carbocycles. The number of aromatic nitrogens is 2. The van der Waals surface area contributed by atoms with Crippen molar-refractivity contribution in [3.05, 3.63) is 16.8 Å². The zero-order valence-corrected chi connectivity index (χ0v) is 14.1. The highest BCUT2D eigenvalue weighted by atomic mass is 32.1. The average Bonchev–Trinajstić information content (AvgIpc) is 3.29. The molecule has 3 N–H and O–H groups in total. The first kappa shape index (κ1) is 16.1. The monoisotopic (exact) mass is 306 g/mol. The summed E-state index contributed by atoms with van der Waals surface area (Å²) in [5, 5.41) is 12.3. The van der Waals surface area contributed by atoms with Crippen molar-refractivity contribution in [3.63, 3.8) is 0 Å². The van der Waals surface area contributed by atoms with E-state index < -0.39 is 0 Å². The van der Waals surface area contributed by atoms with Crippen LogP contribution in [-0.2, 0) is 12.8 Å². The Morgan fingerprint density at radius 3 is 2.48 bits per heavy atom. The van der Waals surface area contributed by atoms with Gasteiger partial charge in [0.15, 0.2) is 5.82 Å². The molecule has 0 amide bonds. The summed E-state index contributed by atoms with van der Waals surface area (Å²) in [5.74, 6) is 1.65. The second-order valence-electron chi connectivity index (χ2n) is 5.85. The lowest BCUT2D eigenvalue weighted by Gasteiger charge is -2.21. The molecule has 1 aromatic heterocycles. The maximum atomic E-state index is 5.97. The highest BCUT2D eigenvalue weighted by molar-refractivity contribution is 7.80. The van der Waals surface area contributed by atoms with Gasteiger partial charge < -0.3 is 11.1 Å². The number of aryl methyl sites for hydroxylation is 1. The zero-order valence-electron chi connectivity index (χ0n) is 13.3. The van der Waals surface area contributed by atoms with Crippen LogP contribution >= 0.6 is 12.2 Å². The van der Waals surface area contributed by atoms with Crippen molar-refractivity contribution in [2.24, 2.45) is 11.7 Å². The molecule has 1 heterocycles. The van der Waals surface area contributed by atoms with E-state index in [0.29, 0.717) is 11.0 Å². The summed E-state index contributed by atoms with van der Waals surface area (Å²) in [4.78, 5) is 0.417. The predicted octanol–water partition coefficient (Wildman–Crippen LogP) is 3.23. The van der Waals surface area contributed by atoms with E-state index in [4.69, 9.17) is 18.0 Å². The van der Waals surface area contributed by atoms with Crippen molar-refractivity contribution < 1.29 is 0 Å². The first-order valence-corrected chi connectivity index (χ1v) is 8.46. The van der Waals surface area contributed by atoms with Crippen LogP contribution in [0.25, 0.3) is 0 Å². The van der Waals surface area contributed by atoms with Gasteiger partial charge in [-0.05, 0) is 37.2 Å². The largest absolute Gasteiger partial charge is 0.389 e. The van der Waals surface area contributed by atoms with Gasteiger partial charge >= 0.3 is 0 Å². The molecule has 0 aromatic carbocycles. The van der Waals surface area contributed by atoms with Gasteiger partial charge in [0.1, 0.15) is 4.99 Å². The summed E-state index contributed by atoms with van der Waals surface area (Å²) in [6.45, 7) is 6.40. The molecule has 116 valence electrons. The highest BCUT2D eigenvalue weighted by Gasteiger charge is 2.26. The van der Waals surface area contributed by atoms with Crippen LogP contribution in [0.5, 0.6) is 0 Å². The van der Waals surface area contributed by atoms with Crippen LogP contribution in [0.1, 0.15) is 63.3 Å². The average molecular weight is 306 g/mol. The Labute approximate surface area is 132 Å². The van der Waals surface area contributed by atoms with E-state index >= 15 is 0 Å². The minimum absolute atomic E-state index is 0.417. The molecular weight excluding hydrogens is 280 g/mol.